The van der Waals surface area contributed by atoms with E-state index in [4.69, 9.17) is 0 Å². The minimum Gasteiger partial charge on any atom is -0.322 e. The molecule has 5 nitrogen and oxygen atoms in total. The maximum absolute atomic E-state index is 13.8. The van der Waals surface area contributed by atoms with Crippen molar-refractivity contribution in [2.75, 3.05) is 10.6 Å². The smallest absolute Gasteiger partial charge is 0.274 e. The van der Waals surface area contributed by atoms with Crippen LogP contribution in [0.5, 0.6) is 0 Å². The van der Waals surface area contributed by atoms with Gasteiger partial charge < -0.3 is 10.6 Å². The van der Waals surface area contributed by atoms with Gasteiger partial charge in [0.2, 0.25) is 5.95 Å². The van der Waals surface area contributed by atoms with Gasteiger partial charge in [0.05, 0.1) is 5.69 Å². The quantitative estimate of drug-likeness (QED) is 0.621. The van der Waals surface area contributed by atoms with Gasteiger partial charge in [-0.15, -0.1) is 0 Å². The Morgan fingerprint density at radius 1 is 1.00 bits per heavy atom. The number of aryl methyl sites for hydroxylation is 2. The number of nitrogens with one attached hydrogen (secondary N) is 2. The Morgan fingerprint density at radius 2 is 1.71 bits per heavy atom. The number of rotatable bonds is 5. The highest BCUT2D eigenvalue weighted by molar-refractivity contribution is 6.03. The standard InChI is InChI=1S/C20H17F3N4O/c1-3-12-4-6-13(7-5-12)25-19(28)16-10-11(2)24-20(27-16)26-15-9-8-14(21)17(22)18(15)23/h4-10H,3H2,1-2H3,(H,25,28)(H,24,26,27). The minimum atomic E-state index is -1.61. The van der Waals surface area contributed by atoms with E-state index >= 15 is 0 Å². The van der Waals surface area contributed by atoms with Crippen molar-refractivity contribution in [3.05, 3.63) is 76.9 Å². The minimum absolute atomic E-state index is 0.0394. The Hall–Kier alpha value is -3.42. The molecule has 3 aromatic rings. The van der Waals surface area contributed by atoms with Crippen LogP contribution in [0.2, 0.25) is 0 Å². The third kappa shape index (κ3) is 4.28. The van der Waals surface area contributed by atoms with E-state index in [1.807, 2.05) is 19.1 Å². The summed E-state index contributed by atoms with van der Waals surface area (Å²) in [4.78, 5) is 20.6. The highest BCUT2D eigenvalue weighted by atomic mass is 19.2. The maximum Gasteiger partial charge on any atom is 0.274 e. The third-order valence-corrected chi connectivity index (χ3v) is 3.99. The first-order valence-electron chi connectivity index (χ1n) is 8.54. The normalized spacial score (nSPS) is 10.6. The summed E-state index contributed by atoms with van der Waals surface area (Å²) >= 11 is 0. The first-order chi connectivity index (χ1) is 13.4. The van der Waals surface area contributed by atoms with Crippen molar-refractivity contribution in [1.82, 2.24) is 9.97 Å². The Morgan fingerprint density at radius 3 is 2.39 bits per heavy atom. The number of halogens is 3. The van der Waals surface area contributed by atoms with Crippen LogP contribution in [0.25, 0.3) is 0 Å². The molecule has 144 valence electrons. The van der Waals surface area contributed by atoms with Crippen molar-refractivity contribution >= 4 is 23.2 Å². The van der Waals surface area contributed by atoms with Gasteiger partial charge in [-0.1, -0.05) is 19.1 Å². The molecule has 28 heavy (non-hydrogen) atoms. The molecular formula is C20H17F3N4O. The third-order valence-electron chi connectivity index (χ3n) is 3.99. The van der Waals surface area contributed by atoms with Gasteiger partial charge in [-0.05, 0) is 49.2 Å². The summed E-state index contributed by atoms with van der Waals surface area (Å²) in [5, 5.41) is 5.19. The second-order valence-corrected chi connectivity index (χ2v) is 6.07. The van der Waals surface area contributed by atoms with Crippen molar-refractivity contribution in [3.8, 4) is 0 Å². The van der Waals surface area contributed by atoms with Gasteiger partial charge >= 0.3 is 0 Å². The molecule has 2 aromatic carbocycles. The maximum atomic E-state index is 13.8. The van der Waals surface area contributed by atoms with Crippen molar-refractivity contribution < 1.29 is 18.0 Å². The molecule has 2 N–H and O–H groups in total. The fraction of sp³-hybridized carbons (Fsp3) is 0.150. The zero-order valence-corrected chi connectivity index (χ0v) is 15.2. The number of amides is 1. The van der Waals surface area contributed by atoms with E-state index in [0.717, 1.165) is 24.1 Å². The number of nitrogens with zero attached hydrogens (tertiary/aromatic N) is 2. The van der Waals surface area contributed by atoms with Gasteiger partial charge in [-0.2, -0.15) is 0 Å². The highest BCUT2D eigenvalue weighted by Gasteiger charge is 2.16. The van der Waals surface area contributed by atoms with E-state index in [9.17, 15) is 18.0 Å². The molecule has 8 heteroatoms. The van der Waals surface area contributed by atoms with E-state index < -0.39 is 23.4 Å². The van der Waals surface area contributed by atoms with E-state index in [1.165, 1.54) is 6.07 Å². The topological polar surface area (TPSA) is 66.9 Å². The number of aromatic nitrogens is 2. The number of hydrogen-bond donors (Lipinski definition) is 2. The van der Waals surface area contributed by atoms with Crippen LogP contribution in [0.15, 0.2) is 42.5 Å². The van der Waals surface area contributed by atoms with Crippen LogP contribution in [-0.2, 0) is 6.42 Å². The largest absolute Gasteiger partial charge is 0.322 e. The highest BCUT2D eigenvalue weighted by Crippen LogP contribution is 2.22. The van der Waals surface area contributed by atoms with Gasteiger partial charge in [0.25, 0.3) is 5.91 Å². The van der Waals surface area contributed by atoms with Gasteiger partial charge in [0.1, 0.15) is 5.69 Å². The Labute approximate surface area is 159 Å². The fourth-order valence-corrected chi connectivity index (χ4v) is 2.50. The van der Waals surface area contributed by atoms with Crippen molar-refractivity contribution in [1.29, 1.82) is 0 Å². The average Bonchev–Trinajstić information content (AvgIpc) is 2.68. The number of benzene rings is 2. The van der Waals surface area contributed by atoms with Crippen LogP contribution >= 0.6 is 0 Å². The summed E-state index contributed by atoms with van der Waals surface area (Å²) in [5.74, 6) is -4.90. The first-order valence-corrected chi connectivity index (χ1v) is 8.54. The second kappa shape index (κ2) is 8.08. The van der Waals surface area contributed by atoms with Gasteiger partial charge in [-0.3, -0.25) is 4.79 Å². The molecule has 1 heterocycles. The van der Waals surface area contributed by atoms with E-state index in [2.05, 4.69) is 20.6 Å². The summed E-state index contributed by atoms with van der Waals surface area (Å²) in [6, 6.07) is 10.6. The molecule has 1 amide bonds. The zero-order valence-electron chi connectivity index (χ0n) is 15.2. The summed E-state index contributed by atoms with van der Waals surface area (Å²) < 4.78 is 40.3. The van der Waals surface area contributed by atoms with E-state index in [0.29, 0.717) is 11.4 Å². The molecular weight excluding hydrogens is 369 g/mol. The summed E-state index contributed by atoms with van der Waals surface area (Å²) in [6.45, 7) is 3.66. The molecule has 0 unspecified atom stereocenters. The number of hydrogen-bond acceptors (Lipinski definition) is 4. The summed E-state index contributed by atoms with van der Waals surface area (Å²) in [5.41, 5.74) is 1.87. The van der Waals surface area contributed by atoms with Crippen molar-refractivity contribution in [2.45, 2.75) is 20.3 Å². The molecule has 3 rings (SSSR count). The van der Waals surface area contributed by atoms with Gasteiger partial charge in [0, 0.05) is 11.4 Å². The number of carbonyl (C=O) groups is 1. The monoisotopic (exact) mass is 386 g/mol. The Kier molecular flexibility index (Phi) is 5.58. The second-order valence-electron chi connectivity index (χ2n) is 6.07. The molecule has 1 aromatic heterocycles. The van der Waals surface area contributed by atoms with E-state index in [-0.39, 0.29) is 17.3 Å². The van der Waals surface area contributed by atoms with Crippen LogP contribution in [0.1, 0.15) is 28.7 Å². The Balaban J connectivity index is 1.82. The van der Waals surface area contributed by atoms with Crippen LogP contribution in [0.4, 0.5) is 30.5 Å². The molecule has 0 fully saturated rings. The molecule has 0 saturated carbocycles. The van der Waals surface area contributed by atoms with E-state index in [1.54, 1.807) is 19.1 Å². The molecule has 0 radical (unpaired) electrons. The molecule has 0 aliphatic carbocycles. The van der Waals surface area contributed by atoms with Crippen LogP contribution in [-0.4, -0.2) is 15.9 Å². The SMILES string of the molecule is CCc1ccc(NC(=O)c2cc(C)nc(Nc3ccc(F)c(F)c3F)n2)cc1. The zero-order chi connectivity index (χ0) is 20.3. The predicted octanol–water partition coefficient (Wildman–Crippen LogP) is 4.76. The van der Waals surface area contributed by atoms with Crippen molar-refractivity contribution in [2.24, 2.45) is 0 Å². The Bertz CT molecular complexity index is 1020. The lowest BCUT2D eigenvalue weighted by Crippen LogP contribution is -2.15. The number of anilines is 3. The molecule has 0 aliphatic rings. The fourth-order valence-electron chi connectivity index (χ4n) is 2.50. The molecule has 0 spiro atoms. The van der Waals surface area contributed by atoms with Gasteiger partial charge in [0.15, 0.2) is 17.5 Å². The number of carbonyl (C=O) groups excluding carboxylic acids is 1. The first kappa shape index (κ1) is 19.3. The molecule has 0 saturated heterocycles. The average molecular weight is 386 g/mol. The van der Waals surface area contributed by atoms with Gasteiger partial charge in [-0.25, -0.2) is 23.1 Å². The van der Waals surface area contributed by atoms with Crippen LogP contribution in [0, 0.1) is 24.4 Å². The lowest BCUT2D eigenvalue weighted by molar-refractivity contribution is 0.102. The summed E-state index contributed by atoms with van der Waals surface area (Å²) in [6.07, 6.45) is 0.884. The lowest BCUT2D eigenvalue weighted by atomic mass is 10.1. The van der Waals surface area contributed by atoms with Crippen molar-refractivity contribution in [3.63, 3.8) is 0 Å². The lowest BCUT2D eigenvalue weighted by Gasteiger charge is -2.10. The molecule has 0 bridgehead atoms. The van der Waals surface area contributed by atoms with Crippen LogP contribution in [0.3, 0.4) is 0 Å². The van der Waals surface area contributed by atoms with Crippen LogP contribution < -0.4 is 10.6 Å². The summed E-state index contributed by atoms with van der Waals surface area (Å²) in [7, 11) is 0. The molecule has 0 aliphatic heterocycles. The molecule has 0 atom stereocenters. The predicted molar refractivity (Wildman–Crippen MR) is 100 cm³/mol.